The Kier molecular flexibility index (Phi) is 1.71. The van der Waals surface area contributed by atoms with Crippen molar-refractivity contribution in [1.82, 2.24) is 4.98 Å². The number of nitrogens with two attached hydrogens (primary N) is 1. The highest BCUT2D eigenvalue weighted by Crippen LogP contribution is 2.13. The van der Waals surface area contributed by atoms with Crippen molar-refractivity contribution in [2.75, 3.05) is 5.73 Å². The van der Waals surface area contributed by atoms with E-state index in [0.717, 1.165) is 16.9 Å². The standard InChI is InChI=1S/C8H10N2/c1-3-7-6(2)10-5-4-8(7)9/h3-5H,1H2,2H3,(H2,9,10). The molecule has 0 aliphatic carbocycles. The molecular formula is C8H10N2. The SMILES string of the molecule is C=Cc1c(N)ccnc1C. The first kappa shape index (κ1) is 6.81. The Balaban J connectivity index is 3.30. The number of nitrogens with zero attached hydrogens (tertiary/aromatic N) is 1. The number of anilines is 1. The van der Waals surface area contributed by atoms with Gasteiger partial charge in [-0.2, -0.15) is 0 Å². The summed E-state index contributed by atoms with van der Waals surface area (Å²) in [7, 11) is 0. The second kappa shape index (κ2) is 2.52. The van der Waals surface area contributed by atoms with Crippen molar-refractivity contribution in [2.45, 2.75) is 6.92 Å². The minimum atomic E-state index is 0.738. The van der Waals surface area contributed by atoms with E-state index in [-0.39, 0.29) is 0 Å². The molecule has 2 nitrogen and oxygen atoms in total. The van der Waals surface area contributed by atoms with Crippen LogP contribution in [0.15, 0.2) is 18.8 Å². The van der Waals surface area contributed by atoms with E-state index in [9.17, 15) is 0 Å². The van der Waals surface area contributed by atoms with Crippen molar-refractivity contribution in [1.29, 1.82) is 0 Å². The number of hydrogen-bond donors (Lipinski definition) is 1. The highest BCUT2D eigenvalue weighted by molar-refractivity contribution is 5.64. The van der Waals surface area contributed by atoms with Gasteiger partial charge in [-0.1, -0.05) is 12.7 Å². The number of pyridine rings is 1. The zero-order valence-corrected chi connectivity index (χ0v) is 5.96. The molecule has 0 aromatic carbocycles. The Hall–Kier alpha value is -1.31. The van der Waals surface area contributed by atoms with Crippen LogP contribution in [0.4, 0.5) is 5.69 Å². The molecule has 0 saturated heterocycles. The molecule has 0 amide bonds. The Bertz CT molecular complexity index is 233. The van der Waals surface area contributed by atoms with Crippen LogP contribution in [0.2, 0.25) is 0 Å². The summed E-state index contributed by atoms with van der Waals surface area (Å²) >= 11 is 0. The molecule has 0 aliphatic heterocycles. The van der Waals surface area contributed by atoms with Gasteiger partial charge in [-0.15, -0.1) is 0 Å². The fourth-order valence-electron chi connectivity index (χ4n) is 0.863. The molecule has 1 aromatic heterocycles. The third-order valence-electron chi connectivity index (χ3n) is 1.43. The molecule has 0 spiro atoms. The van der Waals surface area contributed by atoms with Gasteiger partial charge >= 0.3 is 0 Å². The second-order valence-electron chi connectivity index (χ2n) is 2.10. The fourth-order valence-corrected chi connectivity index (χ4v) is 0.863. The van der Waals surface area contributed by atoms with E-state index in [0.29, 0.717) is 0 Å². The molecule has 2 heteroatoms. The average Bonchev–Trinajstić information content (AvgIpc) is 1.88. The first-order valence-corrected chi connectivity index (χ1v) is 3.09. The molecule has 52 valence electrons. The number of rotatable bonds is 1. The van der Waals surface area contributed by atoms with Gasteiger partial charge in [-0.3, -0.25) is 4.98 Å². The van der Waals surface area contributed by atoms with Gasteiger partial charge < -0.3 is 5.73 Å². The molecule has 0 bridgehead atoms. The van der Waals surface area contributed by atoms with Crippen molar-refractivity contribution in [3.8, 4) is 0 Å². The van der Waals surface area contributed by atoms with Crippen molar-refractivity contribution in [3.05, 3.63) is 30.1 Å². The third-order valence-corrected chi connectivity index (χ3v) is 1.43. The summed E-state index contributed by atoms with van der Waals surface area (Å²) in [4.78, 5) is 4.06. The molecular weight excluding hydrogens is 124 g/mol. The van der Waals surface area contributed by atoms with Crippen LogP contribution in [0.3, 0.4) is 0 Å². The molecule has 0 atom stereocenters. The summed E-state index contributed by atoms with van der Waals surface area (Å²) in [5.41, 5.74) is 8.22. The zero-order valence-electron chi connectivity index (χ0n) is 5.96. The van der Waals surface area contributed by atoms with E-state index in [1.54, 1.807) is 18.3 Å². The van der Waals surface area contributed by atoms with Crippen molar-refractivity contribution < 1.29 is 0 Å². The molecule has 0 aliphatic rings. The van der Waals surface area contributed by atoms with Gasteiger partial charge in [0.1, 0.15) is 0 Å². The van der Waals surface area contributed by atoms with Crippen LogP contribution < -0.4 is 5.73 Å². The van der Waals surface area contributed by atoms with Gasteiger partial charge in [0.05, 0.1) is 0 Å². The predicted octanol–water partition coefficient (Wildman–Crippen LogP) is 1.62. The molecule has 2 N–H and O–H groups in total. The van der Waals surface area contributed by atoms with Crippen LogP contribution in [-0.4, -0.2) is 4.98 Å². The molecule has 0 unspecified atom stereocenters. The monoisotopic (exact) mass is 134 g/mol. The Labute approximate surface area is 60.4 Å². The van der Waals surface area contributed by atoms with E-state index in [1.165, 1.54) is 0 Å². The van der Waals surface area contributed by atoms with E-state index < -0.39 is 0 Å². The second-order valence-corrected chi connectivity index (χ2v) is 2.10. The highest BCUT2D eigenvalue weighted by Gasteiger charge is 1.96. The minimum absolute atomic E-state index is 0.738. The first-order valence-electron chi connectivity index (χ1n) is 3.09. The Morgan fingerprint density at radius 2 is 2.40 bits per heavy atom. The highest BCUT2D eigenvalue weighted by atomic mass is 14.7. The average molecular weight is 134 g/mol. The number of hydrogen-bond acceptors (Lipinski definition) is 2. The maximum Gasteiger partial charge on any atom is 0.0465 e. The minimum Gasteiger partial charge on any atom is -0.398 e. The number of nitrogen functional groups attached to an aromatic ring is 1. The lowest BCUT2D eigenvalue weighted by atomic mass is 10.2. The predicted molar refractivity (Wildman–Crippen MR) is 43.5 cm³/mol. The Morgan fingerprint density at radius 3 is 2.80 bits per heavy atom. The van der Waals surface area contributed by atoms with E-state index in [1.807, 2.05) is 6.92 Å². The van der Waals surface area contributed by atoms with Crippen molar-refractivity contribution in [3.63, 3.8) is 0 Å². The van der Waals surface area contributed by atoms with E-state index in [2.05, 4.69) is 11.6 Å². The molecule has 1 aromatic rings. The fraction of sp³-hybridized carbons (Fsp3) is 0.125. The Morgan fingerprint density at radius 1 is 1.70 bits per heavy atom. The molecule has 10 heavy (non-hydrogen) atoms. The van der Waals surface area contributed by atoms with Gasteiger partial charge in [0.2, 0.25) is 0 Å². The quantitative estimate of drug-likeness (QED) is 0.633. The lowest BCUT2D eigenvalue weighted by molar-refractivity contribution is 1.19. The van der Waals surface area contributed by atoms with E-state index >= 15 is 0 Å². The van der Waals surface area contributed by atoms with Gasteiger partial charge in [-0.25, -0.2) is 0 Å². The first-order chi connectivity index (χ1) is 4.75. The van der Waals surface area contributed by atoms with Crippen molar-refractivity contribution in [2.24, 2.45) is 0 Å². The normalized spacial score (nSPS) is 9.30. The maximum absolute atomic E-state index is 5.62. The molecule has 1 rings (SSSR count). The van der Waals surface area contributed by atoms with Crippen LogP contribution in [0.5, 0.6) is 0 Å². The lowest BCUT2D eigenvalue weighted by Gasteiger charge is -2.00. The number of aromatic nitrogens is 1. The summed E-state index contributed by atoms with van der Waals surface area (Å²) in [5, 5.41) is 0. The molecule has 0 saturated carbocycles. The van der Waals surface area contributed by atoms with Crippen LogP contribution >= 0.6 is 0 Å². The summed E-state index contributed by atoms with van der Waals surface area (Å²) in [6.07, 6.45) is 3.41. The zero-order chi connectivity index (χ0) is 7.56. The van der Waals surface area contributed by atoms with Crippen LogP contribution in [-0.2, 0) is 0 Å². The maximum atomic E-state index is 5.62. The van der Waals surface area contributed by atoms with Crippen LogP contribution in [0, 0.1) is 6.92 Å². The smallest absolute Gasteiger partial charge is 0.0465 e. The largest absolute Gasteiger partial charge is 0.398 e. The molecule has 0 radical (unpaired) electrons. The lowest BCUT2D eigenvalue weighted by Crippen LogP contribution is -1.93. The summed E-state index contributed by atoms with van der Waals surface area (Å²) in [6.45, 7) is 5.54. The summed E-state index contributed by atoms with van der Waals surface area (Å²) in [5.74, 6) is 0. The molecule has 0 fully saturated rings. The van der Waals surface area contributed by atoms with Gasteiger partial charge in [0.25, 0.3) is 0 Å². The molecule has 1 heterocycles. The van der Waals surface area contributed by atoms with Gasteiger partial charge in [-0.05, 0) is 13.0 Å². The summed E-state index contributed by atoms with van der Waals surface area (Å²) < 4.78 is 0. The summed E-state index contributed by atoms with van der Waals surface area (Å²) in [6, 6.07) is 1.77. The van der Waals surface area contributed by atoms with Crippen molar-refractivity contribution >= 4 is 11.8 Å². The van der Waals surface area contributed by atoms with E-state index in [4.69, 9.17) is 5.73 Å². The third kappa shape index (κ3) is 1.00. The topological polar surface area (TPSA) is 38.9 Å². The number of aryl methyl sites for hydroxylation is 1. The van der Waals surface area contributed by atoms with Gasteiger partial charge in [0.15, 0.2) is 0 Å². The van der Waals surface area contributed by atoms with Crippen LogP contribution in [0.1, 0.15) is 11.3 Å². The van der Waals surface area contributed by atoms with Gasteiger partial charge in [0, 0.05) is 23.1 Å². The van der Waals surface area contributed by atoms with Crippen LogP contribution in [0.25, 0.3) is 6.08 Å².